The van der Waals surface area contributed by atoms with Gasteiger partial charge in [-0.15, -0.1) is 0 Å². The third-order valence-electron chi connectivity index (χ3n) is 6.78. The van der Waals surface area contributed by atoms with Crippen molar-refractivity contribution in [2.45, 2.75) is 20.3 Å². The number of benzene rings is 4. The van der Waals surface area contributed by atoms with Crippen LogP contribution in [-0.4, -0.2) is 10.8 Å². The number of ketones is 1. The number of Topliss-reactive ketones (excluding diaryl/α,β-unsaturated/α-hetero) is 1. The lowest BCUT2D eigenvalue weighted by Gasteiger charge is -2.24. The van der Waals surface area contributed by atoms with Gasteiger partial charge >= 0.3 is 0 Å². The average Bonchev–Trinajstić information content (AvgIpc) is 2.88. The zero-order valence-electron chi connectivity index (χ0n) is 19.9. The van der Waals surface area contributed by atoms with E-state index in [1.165, 1.54) is 11.1 Å². The van der Waals surface area contributed by atoms with E-state index < -0.39 is 0 Å². The van der Waals surface area contributed by atoms with E-state index in [1.54, 1.807) is 0 Å². The number of allylic oxidation sites excluding steroid dienone is 1. The molecule has 0 bridgehead atoms. The second kappa shape index (κ2) is 8.48. The van der Waals surface area contributed by atoms with Gasteiger partial charge < -0.3 is 0 Å². The van der Waals surface area contributed by atoms with Crippen LogP contribution in [0.5, 0.6) is 0 Å². The minimum atomic E-state index is 0.109. The summed E-state index contributed by atoms with van der Waals surface area (Å²) in [6.45, 7) is 4.20. The van der Waals surface area contributed by atoms with Crippen molar-refractivity contribution in [3.63, 3.8) is 0 Å². The van der Waals surface area contributed by atoms with Gasteiger partial charge in [-0.1, -0.05) is 96.1 Å². The minimum Gasteiger partial charge on any atom is -0.294 e. The van der Waals surface area contributed by atoms with Gasteiger partial charge in [0.2, 0.25) is 0 Å². The standard InChI is InChI=1S/C33H25NO/c1-21-13-15-25-19-31(35)33(32(27(25)17-21)24-11-7-4-8-12-24)30-20-26(23-9-5-3-6-10-23)28-18-22(2)14-16-29(28)34-30/h3-18,20H,19H2,1-2H3. The molecule has 0 saturated carbocycles. The zero-order valence-corrected chi connectivity index (χ0v) is 19.9. The molecule has 1 aliphatic carbocycles. The molecule has 0 amide bonds. The van der Waals surface area contributed by atoms with Crippen LogP contribution in [0.1, 0.15) is 33.5 Å². The second-order valence-electron chi connectivity index (χ2n) is 9.32. The monoisotopic (exact) mass is 451 g/mol. The molecule has 168 valence electrons. The normalized spacial score (nSPS) is 13.3. The summed E-state index contributed by atoms with van der Waals surface area (Å²) in [5, 5.41) is 1.10. The van der Waals surface area contributed by atoms with E-state index in [-0.39, 0.29) is 5.78 Å². The largest absolute Gasteiger partial charge is 0.294 e. The highest BCUT2D eigenvalue weighted by Crippen LogP contribution is 2.41. The average molecular weight is 452 g/mol. The zero-order chi connectivity index (χ0) is 23.9. The van der Waals surface area contributed by atoms with Gasteiger partial charge in [0, 0.05) is 17.4 Å². The molecule has 0 spiro atoms. The Hall–Kier alpha value is -4.30. The summed E-state index contributed by atoms with van der Waals surface area (Å²) in [6.07, 6.45) is 0.384. The number of hydrogen-bond donors (Lipinski definition) is 0. The summed E-state index contributed by atoms with van der Waals surface area (Å²) in [5.41, 5.74) is 11.1. The Morgan fingerprint density at radius 2 is 1.29 bits per heavy atom. The van der Waals surface area contributed by atoms with Crippen molar-refractivity contribution in [1.29, 1.82) is 0 Å². The molecule has 0 saturated heterocycles. The molecular weight excluding hydrogens is 426 g/mol. The van der Waals surface area contributed by atoms with E-state index >= 15 is 0 Å². The smallest absolute Gasteiger partial charge is 0.170 e. The SMILES string of the molecule is Cc1ccc2c(c1)C(c1ccccc1)=C(c1cc(-c3ccccc3)c3cc(C)ccc3n1)C(=O)C2. The Labute approximate surface area is 205 Å². The third kappa shape index (κ3) is 3.77. The summed E-state index contributed by atoms with van der Waals surface area (Å²) in [7, 11) is 0. The number of pyridine rings is 1. The van der Waals surface area contributed by atoms with Gasteiger partial charge in [0.1, 0.15) is 0 Å². The van der Waals surface area contributed by atoms with Crippen LogP contribution in [0.4, 0.5) is 0 Å². The molecular formula is C33H25NO. The van der Waals surface area contributed by atoms with Gasteiger partial charge in [-0.25, -0.2) is 4.98 Å². The van der Waals surface area contributed by atoms with Crippen LogP contribution >= 0.6 is 0 Å². The Kier molecular flexibility index (Phi) is 5.15. The number of fused-ring (bicyclic) bond motifs is 2. The fraction of sp³-hybridized carbons (Fsp3) is 0.0909. The molecule has 2 heteroatoms. The molecule has 0 N–H and O–H groups in total. The summed E-state index contributed by atoms with van der Waals surface area (Å²) in [6, 6.07) is 35.4. The summed E-state index contributed by atoms with van der Waals surface area (Å²) in [5.74, 6) is 0.109. The molecule has 6 rings (SSSR count). The topological polar surface area (TPSA) is 30.0 Å². The first-order chi connectivity index (χ1) is 17.1. The maximum absolute atomic E-state index is 13.8. The first kappa shape index (κ1) is 21.2. The molecule has 1 aliphatic rings. The van der Waals surface area contributed by atoms with E-state index in [4.69, 9.17) is 4.98 Å². The van der Waals surface area contributed by atoms with Crippen molar-refractivity contribution in [3.8, 4) is 11.1 Å². The molecule has 0 unspecified atom stereocenters. The number of carbonyl (C=O) groups excluding carboxylic acids is 1. The van der Waals surface area contributed by atoms with Crippen LogP contribution < -0.4 is 0 Å². The van der Waals surface area contributed by atoms with Crippen molar-refractivity contribution in [3.05, 3.63) is 137 Å². The highest BCUT2D eigenvalue weighted by molar-refractivity contribution is 6.32. The van der Waals surface area contributed by atoms with E-state index in [9.17, 15) is 4.79 Å². The van der Waals surface area contributed by atoms with E-state index in [0.29, 0.717) is 12.0 Å². The Balaban J connectivity index is 1.71. The van der Waals surface area contributed by atoms with Gasteiger partial charge in [0.05, 0.1) is 16.8 Å². The van der Waals surface area contributed by atoms with Crippen molar-refractivity contribution in [2.75, 3.05) is 0 Å². The predicted octanol–water partition coefficient (Wildman–Crippen LogP) is 7.60. The lowest BCUT2D eigenvalue weighted by molar-refractivity contribution is -0.113. The van der Waals surface area contributed by atoms with Crippen LogP contribution in [0.15, 0.2) is 103 Å². The fourth-order valence-corrected chi connectivity index (χ4v) is 5.11. The van der Waals surface area contributed by atoms with Crippen LogP contribution in [0.3, 0.4) is 0 Å². The molecule has 0 aliphatic heterocycles. The number of hydrogen-bond acceptors (Lipinski definition) is 2. The second-order valence-corrected chi connectivity index (χ2v) is 9.32. The molecule has 5 aromatic rings. The number of nitrogens with zero attached hydrogens (tertiary/aromatic N) is 1. The first-order valence-corrected chi connectivity index (χ1v) is 12.0. The van der Waals surface area contributed by atoms with Gasteiger partial charge in [0.25, 0.3) is 0 Å². The molecule has 0 radical (unpaired) electrons. The first-order valence-electron chi connectivity index (χ1n) is 12.0. The lowest BCUT2D eigenvalue weighted by atomic mass is 9.79. The molecule has 2 nitrogen and oxygen atoms in total. The van der Waals surface area contributed by atoms with Crippen molar-refractivity contribution >= 4 is 27.8 Å². The number of carbonyl (C=O) groups is 1. The maximum Gasteiger partial charge on any atom is 0.170 e. The molecule has 35 heavy (non-hydrogen) atoms. The quantitative estimate of drug-likeness (QED) is 0.283. The maximum atomic E-state index is 13.8. The number of rotatable bonds is 3. The predicted molar refractivity (Wildman–Crippen MR) is 144 cm³/mol. The van der Waals surface area contributed by atoms with Crippen LogP contribution in [0.25, 0.3) is 33.2 Å². The third-order valence-corrected chi connectivity index (χ3v) is 6.78. The molecule has 4 aromatic carbocycles. The van der Waals surface area contributed by atoms with E-state index in [2.05, 4.69) is 92.7 Å². The fourth-order valence-electron chi connectivity index (χ4n) is 5.11. The molecule has 1 aromatic heterocycles. The van der Waals surface area contributed by atoms with Crippen molar-refractivity contribution < 1.29 is 4.79 Å². The van der Waals surface area contributed by atoms with Gasteiger partial charge in [-0.3, -0.25) is 4.79 Å². The summed E-state index contributed by atoms with van der Waals surface area (Å²) >= 11 is 0. The Bertz CT molecular complexity index is 1630. The Morgan fingerprint density at radius 1 is 0.629 bits per heavy atom. The summed E-state index contributed by atoms with van der Waals surface area (Å²) < 4.78 is 0. The van der Waals surface area contributed by atoms with Gasteiger partial charge in [0.15, 0.2) is 5.78 Å². The molecule has 0 fully saturated rings. The van der Waals surface area contributed by atoms with Crippen LogP contribution in [-0.2, 0) is 11.2 Å². The number of aromatic nitrogens is 1. The van der Waals surface area contributed by atoms with E-state index in [1.807, 2.05) is 24.3 Å². The molecule has 1 heterocycles. The van der Waals surface area contributed by atoms with Gasteiger partial charge in [-0.05, 0) is 59.9 Å². The lowest BCUT2D eigenvalue weighted by Crippen LogP contribution is -2.17. The van der Waals surface area contributed by atoms with Gasteiger partial charge in [-0.2, -0.15) is 0 Å². The summed E-state index contributed by atoms with van der Waals surface area (Å²) in [4.78, 5) is 18.8. The number of aryl methyl sites for hydroxylation is 2. The minimum absolute atomic E-state index is 0.109. The molecule has 0 atom stereocenters. The highest BCUT2D eigenvalue weighted by Gasteiger charge is 2.29. The highest BCUT2D eigenvalue weighted by atomic mass is 16.1. The van der Waals surface area contributed by atoms with Crippen molar-refractivity contribution in [2.24, 2.45) is 0 Å². The van der Waals surface area contributed by atoms with E-state index in [0.717, 1.165) is 50.0 Å². The Morgan fingerprint density at radius 3 is 2.03 bits per heavy atom. The van der Waals surface area contributed by atoms with Crippen molar-refractivity contribution in [1.82, 2.24) is 4.98 Å². The van der Waals surface area contributed by atoms with Crippen LogP contribution in [0, 0.1) is 13.8 Å². The van der Waals surface area contributed by atoms with Crippen LogP contribution in [0.2, 0.25) is 0 Å².